The summed E-state index contributed by atoms with van der Waals surface area (Å²) in [4.78, 5) is 26.2. The van der Waals surface area contributed by atoms with Crippen LogP contribution in [0.3, 0.4) is 0 Å². The predicted molar refractivity (Wildman–Crippen MR) is 92.9 cm³/mol. The molecule has 0 fully saturated rings. The molecule has 0 radical (unpaired) electrons. The molecule has 2 aromatic rings. The average Bonchev–Trinajstić information content (AvgIpc) is 2.65. The molecule has 0 saturated heterocycles. The zero-order valence-electron chi connectivity index (χ0n) is 14.1. The van der Waals surface area contributed by atoms with Crippen LogP contribution < -0.4 is 14.4 Å². The summed E-state index contributed by atoms with van der Waals surface area (Å²) in [6.07, 6.45) is 1.34. The summed E-state index contributed by atoms with van der Waals surface area (Å²) in [5.41, 5.74) is 1.96. The first-order valence-electron chi connectivity index (χ1n) is 7.96. The SMILES string of the molecule is COc1cccc(C(=O)N2CCCc3c(C(=O)O)cccc32)c1OC. The fourth-order valence-electron chi connectivity index (χ4n) is 3.24. The number of carboxylic acid groups (broad SMARTS) is 1. The van der Waals surface area contributed by atoms with Gasteiger partial charge in [-0.25, -0.2) is 4.79 Å². The van der Waals surface area contributed by atoms with Crippen LogP contribution >= 0.6 is 0 Å². The van der Waals surface area contributed by atoms with E-state index in [-0.39, 0.29) is 11.5 Å². The minimum Gasteiger partial charge on any atom is -0.493 e. The van der Waals surface area contributed by atoms with E-state index in [0.29, 0.717) is 47.7 Å². The monoisotopic (exact) mass is 341 g/mol. The molecule has 0 bridgehead atoms. The standard InChI is InChI=1S/C19H19NO5/c1-24-16-10-4-7-14(17(16)25-2)18(21)20-11-5-8-12-13(19(22)23)6-3-9-15(12)20/h3-4,6-7,9-10H,5,8,11H2,1-2H3,(H,22,23). The molecule has 0 aromatic heterocycles. The van der Waals surface area contributed by atoms with Crippen LogP contribution in [0.5, 0.6) is 11.5 Å². The molecule has 1 aliphatic heterocycles. The van der Waals surface area contributed by atoms with E-state index in [2.05, 4.69) is 0 Å². The number of fused-ring (bicyclic) bond motifs is 1. The van der Waals surface area contributed by atoms with Crippen molar-refractivity contribution < 1.29 is 24.2 Å². The van der Waals surface area contributed by atoms with Gasteiger partial charge in [-0.05, 0) is 42.7 Å². The number of anilines is 1. The second kappa shape index (κ2) is 6.84. The smallest absolute Gasteiger partial charge is 0.336 e. The van der Waals surface area contributed by atoms with Crippen molar-refractivity contribution >= 4 is 17.6 Å². The maximum absolute atomic E-state index is 13.1. The number of aromatic carboxylic acids is 1. The molecule has 1 amide bonds. The van der Waals surface area contributed by atoms with Gasteiger partial charge in [0.15, 0.2) is 11.5 Å². The first kappa shape index (κ1) is 16.8. The Morgan fingerprint density at radius 2 is 1.76 bits per heavy atom. The van der Waals surface area contributed by atoms with Crippen molar-refractivity contribution in [1.82, 2.24) is 0 Å². The zero-order valence-corrected chi connectivity index (χ0v) is 14.1. The number of carbonyl (C=O) groups is 2. The second-order valence-electron chi connectivity index (χ2n) is 5.71. The molecule has 0 atom stereocenters. The Hall–Kier alpha value is -3.02. The number of amides is 1. The fourth-order valence-corrected chi connectivity index (χ4v) is 3.24. The Morgan fingerprint density at radius 1 is 1.04 bits per heavy atom. The summed E-state index contributed by atoms with van der Waals surface area (Å²) in [7, 11) is 3.00. The van der Waals surface area contributed by atoms with Crippen LogP contribution in [-0.2, 0) is 6.42 Å². The van der Waals surface area contributed by atoms with Crippen molar-refractivity contribution in [3.8, 4) is 11.5 Å². The van der Waals surface area contributed by atoms with E-state index in [1.807, 2.05) is 0 Å². The highest BCUT2D eigenvalue weighted by atomic mass is 16.5. The van der Waals surface area contributed by atoms with E-state index in [1.54, 1.807) is 41.3 Å². The number of rotatable bonds is 4. The molecule has 25 heavy (non-hydrogen) atoms. The number of ether oxygens (including phenoxy) is 2. The first-order valence-corrected chi connectivity index (χ1v) is 7.96. The normalized spacial score (nSPS) is 13.1. The molecule has 3 rings (SSSR count). The third kappa shape index (κ3) is 2.91. The minimum absolute atomic E-state index is 0.237. The van der Waals surface area contributed by atoms with E-state index in [4.69, 9.17) is 9.47 Å². The van der Waals surface area contributed by atoms with E-state index in [1.165, 1.54) is 14.2 Å². The minimum atomic E-state index is -0.981. The van der Waals surface area contributed by atoms with Crippen molar-refractivity contribution in [2.75, 3.05) is 25.7 Å². The lowest BCUT2D eigenvalue weighted by Crippen LogP contribution is -2.36. The second-order valence-corrected chi connectivity index (χ2v) is 5.71. The lowest BCUT2D eigenvalue weighted by molar-refractivity contribution is 0.0695. The summed E-state index contributed by atoms with van der Waals surface area (Å²) in [5.74, 6) is -0.370. The maximum Gasteiger partial charge on any atom is 0.336 e. The van der Waals surface area contributed by atoms with Crippen LogP contribution in [-0.4, -0.2) is 37.7 Å². The molecule has 0 unspecified atom stereocenters. The molecule has 6 nitrogen and oxygen atoms in total. The summed E-state index contributed by atoms with van der Waals surface area (Å²) < 4.78 is 10.6. The van der Waals surface area contributed by atoms with Crippen LogP contribution in [0.15, 0.2) is 36.4 Å². The van der Waals surface area contributed by atoms with Crippen LogP contribution in [0.2, 0.25) is 0 Å². The van der Waals surface area contributed by atoms with Gasteiger partial charge in [0.1, 0.15) is 0 Å². The number of methoxy groups -OCH3 is 2. The molecule has 1 N–H and O–H groups in total. The predicted octanol–water partition coefficient (Wildman–Crippen LogP) is 3.00. The third-order valence-corrected chi connectivity index (χ3v) is 4.36. The Bertz CT molecular complexity index is 831. The number of carboxylic acids is 1. The molecule has 130 valence electrons. The number of nitrogens with zero attached hydrogens (tertiary/aromatic N) is 1. The molecule has 0 saturated carbocycles. The van der Waals surface area contributed by atoms with Gasteiger partial charge in [0.25, 0.3) is 5.91 Å². The Labute approximate surface area is 145 Å². The van der Waals surface area contributed by atoms with Gasteiger partial charge in [-0.3, -0.25) is 4.79 Å². The first-order chi connectivity index (χ1) is 12.1. The molecular formula is C19H19NO5. The Balaban J connectivity index is 2.07. The van der Waals surface area contributed by atoms with Crippen LogP contribution in [0.4, 0.5) is 5.69 Å². The van der Waals surface area contributed by atoms with Crippen LogP contribution in [0.1, 0.15) is 32.7 Å². The highest BCUT2D eigenvalue weighted by Crippen LogP contribution is 2.35. The zero-order chi connectivity index (χ0) is 18.0. The van der Waals surface area contributed by atoms with Crippen molar-refractivity contribution in [3.63, 3.8) is 0 Å². The van der Waals surface area contributed by atoms with Gasteiger partial charge in [-0.15, -0.1) is 0 Å². The van der Waals surface area contributed by atoms with E-state index in [9.17, 15) is 14.7 Å². The van der Waals surface area contributed by atoms with E-state index < -0.39 is 5.97 Å². The van der Waals surface area contributed by atoms with E-state index >= 15 is 0 Å². The van der Waals surface area contributed by atoms with E-state index in [0.717, 1.165) is 0 Å². The molecule has 0 aliphatic carbocycles. The average molecular weight is 341 g/mol. The van der Waals surface area contributed by atoms with Gasteiger partial charge in [0.2, 0.25) is 0 Å². The maximum atomic E-state index is 13.1. The summed E-state index contributed by atoms with van der Waals surface area (Å²) >= 11 is 0. The number of para-hydroxylation sites is 1. The molecule has 1 aliphatic rings. The van der Waals surface area contributed by atoms with Crippen molar-refractivity contribution in [2.24, 2.45) is 0 Å². The number of hydrogen-bond acceptors (Lipinski definition) is 4. The van der Waals surface area contributed by atoms with Gasteiger partial charge in [-0.2, -0.15) is 0 Å². The quantitative estimate of drug-likeness (QED) is 0.925. The van der Waals surface area contributed by atoms with Crippen molar-refractivity contribution in [2.45, 2.75) is 12.8 Å². The topological polar surface area (TPSA) is 76.1 Å². The Morgan fingerprint density at radius 3 is 2.44 bits per heavy atom. The largest absolute Gasteiger partial charge is 0.493 e. The lowest BCUT2D eigenvalue weighted by Gasteiger charge is -2.31. The molecule has 0 spiro atoms. The van der Waals surface area contributed by atoms with Gasteiger partial charge < -0.3 is 19.5 Å². The molecule has 1 heterocycles. The Kier molecular flexibility index (Phi) is 4.61. The van der Waals surface area contributed by atoms with Crippen LogP contribution in [0.25, 0.3) is 0 Å². The van der Waals surface area contributed by atoms with Crippen molar-refractivity contribution in [3.05, 3.63) is 53.1 Å². The van der Waals surface area contributed by atoms with Gasteiger partial charge in [0, 0.05) is 12.2 Å². The van der Waals surface area contributed by atoms with Crippen molar-refractivity contribution in [1.29, 1.82) is 0 Å². The molecule has 6 heteroatoms. The number of carbonyl (C=O) groups excluding carboxylic acids is 1. The third-order valence-electron chi connectivity index (χ3n) is 4.36. The highest BCUT2D eigenvalue weighted by molar-refractivity contribution is 6.09. The highest BCUT2D eigenvalue weighted by Gasteiger charge is 2.29. The van der Waals surface area contributed by atoms with Gasteiger partial charge in [0.05, 0.1) is 25.3 Å². The summed E-state index contributed by atoms with van der Waals surface area (Å²) in [6, 6.07) is 10.2. The fraction of sp³-hybridized carbons (Fsp3) is 0.263. The van der Waals surface area contributed by atoms with Gasteiger partial charge >= 0.3 is 5.97 Å². The number of hydrogen-bond donors (Lipinski definition) is 1. The summed E-state index contributed by atoms with van der Waals surface area (Å²) in [6.45, 7) is 0.523. The molecular weight excluding hydrogens is 322 g/mol. The number of benzene rings is 2. The lowest BCUT2D eigenvalue weighted by atomic mass is 9.95. The van der Waals surface area contributed by atoms with Crippen LogP contribution in [0, 0.1) is 0 Å². The summed E-state index contributed by atoms with van der Waals surface area (Å²) in [5, 5.41) is 9.39. The molecule has 2 aromatic carbocycles. The van der Waals surface area contributed by atoms with Gasteiger partial charge in [-0.1, -0.05) is 12.1 Å².